The van der Waals surface area contributed by atoms with Crippen LogP contribution in [0.25, 0.3) is 0 Å². The quantitative estimate of drug-likeness (QED) is 0.811. The zero-order valence-electron chi connectivity index (χ0n) is 12.8. The minimum Gasteiger partial charge on any atom is -0.478 e. The van der Waals surface area contributed by atoms with Crippen molar-refractivity contribution in [3.8, 4) is 5.88 Å². The number of nitrogens with zero attached hydrogens (tertiary/aromatic N) is 1. The molecule has 5 heteroatoms. The number of pyridine rings is 1. The van der Waals surface area contributed by atoms with Crippen LogP contribution in [0.1, 0.15) is 56.6 Å². The topological polar surface area (TPSA) is 68.7 Å². The van der Waals surface area contributed by atoms with Gasteiger partial charge in [-0.1, -0.05) is 13.8 Å². The maximum atomic E-state index is 11.1. The number of aromatic carboxylic acids is 1. The number of carbonyl (C=O) groups is 1. The van der Waals surface area contributed by atoms with Gasteiger partial charge in [0.2, 0.25) is 5.88 Å². The summed E-state index contributed by atoms with van der Waals surface area (Å²) in [6, 6.07) is 3.01. The summed E-state index contributed by atoms with van der Waals surface area (Å²) in [5.41, 5.74) is 0.676. The Kier molecular flexibility index (Phi) is 5.51. The molecule has 0 spiro atoms. The van der Waals surface area contributed by atoms with Gasteiger partial charge in [-0.15, -0.1) is 0 Å². The Balaban J connectivity index is 2.71. The largest absolute Gasteiger partial charge is 0.478 e. The molecule has 0 saturated heterocycles. The van der Waals surface area contributed by atoms with E-state index in [1.807, 2.05) is 34.6 Å². The summed E-state index contributed by atoms with van der Waals surface area (Å²) in [4.78, 5) is 15.4. The number of carboxylic acids is 1. The van der Waals surface area contributed by atoms with Gasteiger partial charge in [-0.3, -0.25) is 0 Å². The van der Waals surface area contributed by atoms with Crippen LogP contribution in [-0.2, 0) is 4.74 Å². The molecule has 1 aromatic rings. The van der Waals surface area contributed by atoms with Gasteiger partial charge in [0, 0.05) is 11.8 Å². The van der Waals surface area contributed by atoms with E-state index in [9.17, 15) is 4.79 Å². The van der Waals surface area contributed by atoms with E-state index in [4.69, 9.17) is 14.6 Å². The fraction of sp³-hybridized carbons (Fsp3) is 0.600. The first-order valence-electron chi connectivity index (χ1n) is 6.71. The second-order valence-corrected chi connectivity index (χ2v) is 5.89. The fourth-order valence-electron chi connectivity index (χ4n) is 1.51. The van der Waals surface area contributed by atoms with E-state index in [0.29, 0.717) is 24.8 Å². The molecule has 112 valence electrons. The molecule has 0 saturated carbocycles. The Labute approximate surface area is 119 Å². The van der Waals surface area contributed by atoms with E-state index in [2.05, 4.69) is 4.98 Å². The third-order valence-corrected chi connectivity index (χ3v) is 2.53. The van der Waals surface area contributed by atoms with Gasteiger partial charge >= 0.3 is 5.97 Å². The highest BCUT2D eigenvalue weighted by atomic mass is 16.5. The summed E-state index contributed by atoms with van der Waals surface area (Å²) in [7, 11) is 0. The molecule has 0 aliphatic carbocycles. The second kappa shape index (κ2) is 6.70. The molecule has 0 aliphatic rings. The molecular formula is C15H23NO4. The van der Waals surface area contributed by atoms with E-state index in [1.165, 1.54) is 6.07 Å². The Morgan fingerprint density at radius 1 is 1.30 bits per heavy atom. The van der Waals surface area contributed by atoms with E-state index in [0.717, 1.165) is 0 Å². The third kappa shape index (κ3) is 5.57. The zero-order chi connectivity index (χ0) is 15.3. The van der Waals surface area contributed by atoms with E-state index in [1.54, 1.807) is 6.07 Å². The maximum absolute atomic E-state index is 11.1. The highest BCUT2D eigenvalue weighted by molar-refractivity contribution is 5.88. The Morgan fingerprint density at radius 3 is 2.45 bits per heavy atom. The maximum Gasteiger partial charge on any atom is 0.335 e. The van der Waals surface area contributed by atoms with Crippen molar-refractivity contribution in [2.45, 2.75) is 46.1 Å². The van der Waals surface area contributed by atoms with E-state index >= 15 is 0 Å². The molecule has 1 heterocycles. The van der Waals surface area contributed by atoms with E-state index in [-0.39, 0.29) is 17.1 Å². The molecule has 0 atom stereocenters. The molecule has 0 aliphatic heterocycles. The second-order valence-electron chi connectivity index (χ2n) is 5.89. The van der Waals surface area contributed by atoms with Crippen LogP contribution in [0.3, 0.4) is 0 Å². The average molecular weight is 281 g/mol. The van der Waals surface area contributed by atoms with Crippen LogP contribution < -0.4 is 4.74 Å². The van der Waals surface area contributed by atoms with Crippen LogP contribution in [0, 0.1) is 0 Å². The standard InChI is InChI=1S/C15H23NO4/c1-10(2)12-8-11(14(17)18)9-13(16-12)19-6-7-20-15(3,4)5/h8-10H,6-7H2,1-5H3,(H,17,18). The predicted molar refractivity (Wildman–Crippen MR) is 76.5 cm³/mol. The number of hydrogen-bond acceptors (Lipinski definition) is 4. The monoisotopic (exact) mass is 281 g/mol. The molecule has 1 N–H and O–H groups in total. The third-order valence-electron chi connectivity index (χ3n) is 2.53. The molecule has 1 aromatic heterocycles. The van der Waals surface area contributed by atoms with Gasteiger partial charge in [-0.2, -0.15) is 0 Å². The lowest BCUT2D eigenvalue weighted by atomic mass is 10.1. The Bertz CT molecular complexity index is 463. The molecule has 5 nitrogen and oxygen atoms in total. The van der Waals surface area contributed by atoms with Crippen molar-refractivity contribution in [1.29, 1.82) is 0 Å². The first kappa shape index (κ1) is 16.4. The molecule has 0 unspecified atom stereocenters. The summed E-state index contributed by atoms with van der Waals surface area (Å²) < 4.78 is 11.0. The minimum absolute atomic E-state index is 0.141. The number of hydrogen-bond donors (Lipinski definition) is 1. The van der Waals surface area contributed by atoms with Gasteiger partial charge in [0.1, 0.15) is 6.61 Å². The Morgan fingerprint density at radius 2 is 1.95 bits per heavy atom. The average Bonchev–Trinajstić information content (AvgIpc) is 2.33. The van der Waals surface area contributed by atoms with Crippen LogP contribution in [0.4, 0.5) is 0 Å². The number of aromatic nitrogens is 1. The highest BCUT2D eigenvalue weighted by Gasteiger charge is 2.13. The van der Waals surface area contributed by atoms with Crippen molar-refractivity contribution in [3.63, 3.8) is 0 Å². The van der Waals surface area contributed by atoms with Gasteiger partial charge in [-0.05, 0) is 32.8 Å². The van der Waals surface area contributed by atoms with Gasteiger partial charge in [-0.25, -0.2) is 9.78 Å². The lowest BCUT2D eigenvalue weighted by Crippen LogP contribution is -2.22. The normalized spacial score (nSPS) is 11.7. The summed E-state index contributed by atoms with van der Waals surface area (Å²) in [5, 5.41) is 9.09. The fourth-order valence-corrected chi connectivity index (χ4v) is 1.51. The summed E-state index contributed by atoms with van der Waals surface area (Å²) >= 11 is 0. The molecule has 0 amide bonds. The zero-order valence-corrected chi connectivity index (χ0v) is 12.8. The SMILES string of the molecule is CC(C)c1cc(C(=O)O)cc(OCCOC(C)(C)C)n1. The van der Waals surface area contributed by atoms with Gasteiger partial charge in [0.25, 0.3) is 0 Å². The molecular weight excluding hydrogens is 258 g/mol. The molecule has 20 heavy (non-hydrogen) atoms. The van der Waals surface area contributed by atoms with Crippen molar-refractivity contribution >= 4 is 5.97 Å². The number of ether oxygens (including phenoxy) is 2. The van der Waals surface area contributed by atoms with Crippen LogP contribution in [0.5, 0.6) is 5.88 Å². The van der Waals surface area contributed by atoms with Crippen LogP contribution in [0.15, 0.2) is 12.1 Å². The number of rotatable bonds is 6. The van der Waals surface area contributed by atoms with Crippen molar-refractivity contribution in [1.82, 2.24) is 4.98 Å². The van der Waals surface area contributed by atoms with Crippen molar-refractivity contribution in [3.05, 3.63) is 23.4 Å². The smallest absolute Gasteiger partial charge is 0.335 e. The molecule has 0 bridgehead atoms. The minimum atomic E-state index is -0.981. The molecule has 0 radical (unpaired) electrons. The summed E-state index contributed by atoms with van der Waals surface area (Å²) in [6.45, 7) is 10.6. The van der Waals surface area contributed by atoms with Gasteiger partial charge in [0.05, 0.1) is 17.8 Å². The lowest BCUT2D eigenvalue weighted by Gasteiger charge is -2.19. The summed E-state index contributed by atoms with van der Waals surface area (Å²) in [6.07, 6.45) is 0. The molecule has 0 aromatic carbocycles. The predicted octanol–water partition coefficient (Wildman–Crippen LogP) is 3.10. The van der Waals surface area contributed by atoms with Crippen LogP contribution >= 0.6 is 0 Å². The molecule has 1 rings (SSSR count). The Hall–Kier alpha value is -1.62. The van der Waals surface area contributed by atoms with Crippen molar-refractivity contribution < 1.29 is 19.4 Å². The van der Waals surface area contributed by atoms with Gasteiger partial charge in [0.15, 0.2) is 0 Å². The first-order chi connectivity index (χ1) is 9.19. The van der Waals surface area contributed by atoms with Crippen molar-refractivity contribution in [2.24, 2.45) is 0 Å². The van der Waals surface area contributed by atoms with Gasteiger partial charge < -0.3 is 14.6 Å². The van der Waals surface area contributed by atoms with E-state index < -0.39 is 5.97 Å². The first-order valence-corrected chi connectivity index (χ1v) is 6.71. The van der Waals surface area contributed by atoms with Crippen LogP contribution in [-0.4, -0.2) is 34.9 Å². The highest BCUT2D eigenvalue weighted by Crippen LogP contribution is 2.19. The van der Waals surface area contributed by atoms with Crippen LogP contribution in [0.2, 0.25) is 0 Å². The lowest BCUT2D eigenvalue weighted by molar-refractivity contribution is -0.0168. The molecule has 0 fully saturated rings. The van der Waals surface area contributed by atoms with Crippen molar-refractivity contribution in [2.75, 3.05) is 13.2 Å². The number of carboxylic acid groups (broad SMARTS) is 1. The summed E-state index contributed by atoms with van der Waals surface area (Å²) in [5.74, 6) is -0.515.